The number of nitrogens with zero attached hydrogens (tertiary/aromatic N) is 2. The molecule has 3 heteroatoms. The number of rotatable bonds is 3. The monoisotopic (exact) mass is 247 g/mol. The van der Waals surface area contributed by atoms with Gasteiger partial charge in [0.25, 0.3) is 0 Å². The first-order valence-corrected chi connectivity index (χ1v) is 6.87. The second-order valence-electron chi connectivity index (χ2n) is 5.52. The normalized spacial score (nSPS) is 21.4. The molecular formula is C15H25N3. The highest BCUT2D eigenvalue weighted by atomic mass is 15.1. The van der Waals surface area contributed by atoms with Crippen molar-refractivity contribution in [2.45, 2.75) is 25.3 Å². The maximum Gasteiger partial charge on any atom is 0.0362 e. The Bertz CT molecular complexity index is 359. The third kappa shape index (κ3) is 3.64. The van der Waals surface area contributed by atoms with Gasteiger partial charge in [-0.15, -0.1) is 0 Å². The van der Waals surface area contributed by atoms with Crippen LogP contribution >= 0.6 is 0 Å². The second kappa shape index (κ2) is 6.10. The first-order valence-electron chi connectivity index (χ1n) is 6.87. The van der Waals surface area contributed by atoms with E-state index in [1.807, 2.05) is 0 Å². The van der Waals surface area contributed by atoms with E-state index < -0.39 is 0 Å². The molecule has 1 saturated heterocycles. The zero-order chi connectivity index (χ0) is 13.0. The van der Waals surface area contributed by atoms with Gasteiger partial charge in [0.1, 0.15) is 0 Å². The van der Waals surface area contributed by atoms with Crippen LogP contribution in [0.5, 0.6) is 0 Å². The van der Waals surface area contributed by atoms with Gasteiger partial charge >= 0.3 is 0 Å². The number of anilines is 2. The Kier molecular flexibility index (Phi) is 4.48. The minimum absolute atomic E-state index is 0.625. The highest BCUT2D eigenvalue weighted by molar-refractivity contribution is 5.54. The Balaban J connectivity index is 1.92. The standard InChI is InChI=1S/C15H25N3/c1-17(2)15-8-6-14(7-9-15)16-13-5-4-11-18(3)12-10-13/h6-9,13,16H,4-5,10-12H2,1-3H3. The lowest BCUT2D eigenvalue weighted by Crippen LogP contribution is -2.23. The predicted octanol–water partition coefficient (Wildman–Crippen LogP) is 2.65. The summed E-state index contributed by atoms with van der Waals surface area (Å²) in [6.07, 6.45) is 3.82. The van der Waals surface area contributed by atoms with Crippen LogP contribution < -0.4 is 10.2 Å². The molecule has 100 valence electrons. The minimum atomic E-state index is 0.625. The smallest absolute Gasteiger partial charge is 0.0362 e. The fourth-order valence-corrected chi connectivity index (χ4v) is 2.48. The zero-order valence-electron chi connectivity index (χ0n) is 11.8. The third-order valence-corrected chi connectivity index (χ3v) is 3.71. The molecule has 1 aliphatic heterocycles. The molecule has 1 fully saturated rings. The number of hydrogen-bond acceptors (Lipinski definition) is 3. The van der Waals surface area contributed by atoms with Crippen molar-refractivity contribution < 1.29 is 0 Å². The fraction of sp³-hybridized carbons (Fsp3) is 0.600. The number of nitrogens with one attached hydrogen (secondary N) is 1. The Morgan fingerprint density at radius 3 is 2.50 bits per heavy atom. The van der Waals surface area contributed by atoms with E-state index in [-0.39, 0.29) is 0 Å². The van der Waals surface area contributed by atoms with E-state index in [1.165, 1.54) is 43.7 Å². The van der Waals surface area contributed by atoms with Crippen LogP contribution in [0.15, 0.2) is 24.3 Å². The van der Waals surface area contributed by atoms with Gasteiger partial charge in [0.2, 0.25) is 0 Å². The molecule has 0 saturated carbocycles. The topological polar surface area (TPSA) is 18.5 Å². The van der Waals surface area contributed by atoms with Crippen molar-refractivity contribution in [2.75, 3.05) is 44.4 Å². The predicted molar refractivity (Wildman–Crippen MR) is 79.5 cm³/mol. The van der Waals surface area contributed by atoms with Crippen LogP contribution in [0.2, 0.25) is 0 Å². The molecule has 1 aromatic rings. The minimum Gasteiger partial charge on any atom is -0.382 e. The molecule has 0 amide bonds. The molecule has 3 nitrogen and oxygen atoms in total. The van der Waals surface area contributed by atoms with Crippen molar-refractivity contribution in [1.29, 1.82) is 0 Å². The van der Waals surface area contributed by atoms with E-state index in [2.05, 4.69) is 60.5 Å². The molecule has 0 radical (unpaired) electrons. The summed E-state index contributed by atoms with van der Waals surface area (Å²) >= 11 is 0. The molecule has 18 heavy (non-hydrogen) atoms. The van der Waals surface area contributed by atoms with E-state index in [0.717, 1.165) is 0 Å². The van der Waals surface area contributed by atoms with Crippen molar-refractivity contribution >= 4 is 11.4 Å². The van der Waals surface area contributed by atoms with Crippen molar-refractivity contribution in [3.63, 3.8) is 0 Å². The van der Waals surface area contributed by atoms with E-state index in [9.17, 15) is 0 Å². The van der Waals surface area contributed by atoms with E-state index >= 15 is 0 Å². The van der Waals surface area contributed by atoms with Crippen LogP contribution in [0.3, 0.4) is 0 Å². The van der Waals surface area contributed by atoms with Gasteiger partial charge in [0.05, 0.1) is 0 Å². The zero-order valence-corrected chi connectivity index (χ0v) is 11.8. The van der Waals surface area contributed by atoms with Crippen LogP contribution in [0.1, 0.15) is 19.3 Å². The lowest BCUT2D eigenvalue weighted by molar-refractivity contribution is 0.348. The van der Waals surface area contributed by atoms with Crippen molar-refractivity contribution in [2.24, 2.45) is 0 Å². The Labute approximate surface area is 111 Å². The van der Waals surface area contributed by atoms with Gasteiger partial charge in [-0.3, -0.25) is 0 Å². The summed E-state index contributed by atoms with van der Waals surface area (Å²) in [5.74, 6) is 0. The van der Waals surface area contributed by atoms with Gasteiger partial charge in [0.15, 0.2) is 0 Å². The summed E-state index contributed by atoms with van der Waals surface area (Å²) in [6, 6.07) is 9.34. The maximum absolute atomic E-state index is 3.66. The summed E-state index contributed by atoms with van der Waals surface area (Å²) in [4.78, 5) is 4.56. The molecule has 0 spiro atoms. The number of benzene rings is 1. The van der Waals surface area contributed by atoms with Crippen molar-refractivity contribution in [3.8, 4) is 0 Å². The van der Waals surface area contributed by atoms with E-state index in [1.54, 1.807) is 0 Å². The Morgan fingerprint density at radius 1 is 1.11 bits per heavy atom. The molecule has 0 aromatic heterocycles. The first kappa shape index (κ1) is 13.2. The largest absolute Gasteiger partial charge is 0.382 e. The highest BCUT2D eigenvalue weighted by Crippen LogP contribution is 2.19. The van der Waals surface area contributed by atoms with Gasteiger partial charge in [-0.05, 0) is 63.7 Å². The lowest BCUT2D eigenvalue weighted by atomic mass is 10.1. The van der Waals surface area contributed by atoms with Gasteiger partial charge in [-0.2, -0.15) is 0 Å². The summed E-state index contributed by atoms with van der Waals surface area (Å²) in [7, 11) is 6.36. The van der Waals surface area contributed by atoms with Crippen LogP contribution in [0, 0.1) is 0 Å². The SMILES string of the molecule is CN1CCCC(Nc2ccc(N(C)C)cc2)CC1. The fourth-order valence-electron chi connectivity index (χ4n) is 2.48. The van der Waals surface area contributed by atoms with Gasteiger partial charge in [0, 0.05) is 31.5 Å². The Morgan fingerprint density at radius 2 is 1.83 bits per heavy atom. The van der Waals surface area contributed by atoms with Crippen molar-refractivity contribution in [3.05, 3.63) is 24.3 Å². The van der Waals surface area contributed by atoms with Crippen LogP contribution in [-0.4, -0.2) is 45.2 Å². The summed E-state index contributed by atoms with van der Waals surface area (Å²) in [5.41, 5.74) is 2.50. The molecule has 0 bridgehead atoms. The molecule has 1 unspecified atom stereocenters. The molecule has 1 heterocycles. The Hall–Kier alpha value is -1.22. The summed E-state index contributed by atoms with van der Waals surface area (Å²) in [6.45, 7) is 2.44. The van der Waals surface area contributed by atoms with E-state index in [0.29, 0.717) is 6.04 Å². The number of likely N-dealkylation sites (tertiary alicyclic amines) is 1. The summed E-state index contributed by atoms with van der Waals surface area (Å²) in [5, 5.41) is 3.66. The maximum atomic E-state index is 3.66. The van der Waals surface area contributed by atoms with Crippen LogP contribution in [-0.2, 0) is 0 Å². The molecular weight excluding hydrogens is 222 g/mol. The van der Waals surface area contributed by atoms with Gasteiger partial charge in [-0.1, -0.05) is 0 Å². The van der Waals surface area contributed by atoms with Crippen LogP contribution in [0.25, 0.3) is 0 Å². The quantitative estimate of drug-likeness (QED) is 0.886. The third-order valence-electron chi connectivity index (χ3n) is 3.71. The molecule has 1 atom stereocenters. The van der Waals surface area contributed by atoms with Gasteiger partial charge in [-0.25, -0.2) is 0 Å². The average Bonchev–Trinajstić information content (AvgIpc) is 2.55. The first-order chi connectivity index (χ1) is 8.65. The molecule has 2 rings (SSSR count). The second-order valence-corrected chi connectivity index (χ2v) is 5.52. The lowest BCUT2D eigenvalue weighted by Gasteiger charge is -2.19. The molecule has 1 N–H and O–H groups in total. The van der Waals surface area contributed by atoms with Crippen molar-refractivity contribution in [1.82, 2.24) is 4.90 Å². The van der Waals surface area contributed by atoms with Gasteiger partial charge < -0.3 is 15.1 Å². The molecule has 0 aliphatic carbocycles. The number of hydrogen-bond donors (Lipinski definition) is 1. The highest BCUT2D eigenvalue weighted by Gasteiger charge is 2.14. The molecule has 1 aliphatic rings. The molecule has 1 aromatic carbocycles. The van der Waals surface area contributed by atoms with E-state index in [4.69, 9.17) is 0 Å². The average molecular weight is 247 g/mol. The summed E-state index contributed by atoms with van der Waals surface area (Å²) < 4.78 is 0. The van der Waals surface area contributed by atoms with Crippen LogP contribution in [0.4, 0.5) is 11.4 Å².